The van der Waals surface area contributed by atoms with E-state index in [-0.39, 0.29) is 24.4 Å². The lowest BCUT2D eigenvalue weighted by molar-refractivity contribution is -0.145. The fraction of sp³-hybridized carbons (Fsp3) is 0.923. The molecule has 1 aliphatic rings. The third-order valence-corrected chi connectivity index (χ3v) is 3.36. The van der Waals surface area contributed by atoms with Gasteiger partial charge in [-0.05, 0) is 25.7 Å². The molecule has 0 amide bonds. The first kappa shape index (κ1) is 15.4. The van der Waals surface area contributed by atoms with Gasteiger partial charge in [0.1, 0.15) is 0 Å². The predicted octanol–water partition coefficient (Wildman–Crippen LogP) is 0.441. The Bertz CT molecular complexity index is 247. The number of hydrogen-bond acceptors (Lipinski definition) is 5. The second-order valence-corrected chi connectivity index (χ2v) is 4.93. The predicted molar refractivity (Wildman–Crippen MR) is 68.1 cm³/mol. The average molecular weight is 259 g/mol. The van der Waals surface area contributed by atoms with Crippen molar-refractivity contribution in [1.29, 1.82) is 0 Å². The smallest absolute Gasteiger partial charge is 0.308 e. The summed E-state index contributed by atoms with van der Waals surface area (Å²) in [6.45, 7) is 3.14. The van der Waals surface area contributed by atoms with Crippen molar-refractivity contribution in [3.63, 3.8) is 0 Å². The van der Waals surface area contributed by atoms with Crippen molar-refractivity contribution in [2.24, 2.45) is 5.92 Å². The van der Waals surface area contributed by atoms with Gasteiger partial charge < -0.3 is 20.3 Å². The molecular weight excluding hydrogens is 234 g/mol. The Morgan fingerprint density at radius 1 is 1.44 bits per heavy atom. The van der Waals surface area contributed by atoms with Crippen LogP contribution in [0.4, 0.5) is 0 Å². The highest BCUT2D eigenvalue weighted by atomic mass is 16.5. The van der Waals surface area contributed by atoms with Gasteiger partial charge in [0.2, 0.25) is 0 Å². The van der Waals surface area contributed by atoms with E-state index in [2.05, 4.69) is 5.32 Å². The van der Waals surface area contributed by atoms with Crippen LogP contribution >= 0.6 is 0 Å². The summed E-state index contributed by atoms with van der Waals surface area (Å²) in [6.07, 6.45) is 3.24. The zero-order valence-electron chi connectivity index (χ0n) is 11.1. The first-order valence-corrected chi connectivity index (χ1v) is 6.86. The second-order valence-electron chi connectivity index (χ2n) is 4.93. The van der Waals surface area contributed by atoms with Gasteiger partial charge in [0.05, 0.1) is 25.2 Å². The van der Waals surface area contributed by atoms with E-state index in [0.29, 0.717) is 19.7 Å². The summed E-state index contributed by atoms with van der Waals surface area (Å²) < 4.78 is 4.76. The molecule has 0 spiro atoms. The van der Waals surface area contributed by atoms with E-state index in [1.165, 1.54) is 0 Å². The summed E-state index contributed by atoms with van der Waals surface area (Å²) in [5.74, 6) is -0.0990. The van der Waals surface area contributed by atoms with Crippen molar-refractivity contribution in [1.82, 2.24) is 5.32 Å². The van der Waals surface area contributed by atoms with Crippen molar-refractivity contribution < 1.29 is 19.7 Å². The van der Waals surface area contributed by atoms with Crippen molar-refractivity contribution >= 4 is 5.97 Å². The van der Waals surface area contributed by atoms with E-state index in [0.717, 1.165) is 25.7 Å². The normalized spacial score (nSPS) is 25.7. The molecule has 0 aliphatic heterocycles. The Hall–Kier alpha value is -0.650. The maximum absolute atomic E-state index is 11.1. The van der Waals surface area contributed by atoms with Crippen LogP contribution in [0.1, 0.15) is 39.0 Å². The fourth-order valence-corrected chi connectivity index (χ4v) is 2.35. The minimum atomic E-state index is -0.718. The molecule has 18 heavy (non-hydrogen) atoms. The summed E-state index contributed by atoms with van der Waals surface area (Å²) in [5, 5.41) is 22.5. The zero-order valence-corrected chi connectivity index (χ0v) is 11.1. The van der Waals surface area contributed by atoms with Crippen LogP contribution in [0.15, 0.2) is 0 Å². The number of aliphatic hydroxyl groups is 2. The average Bonchev–Trinajstić information content (AvgIpc) is 2.31. The first-order chi connectivity index (χ1) is 8.63. The quantitative estimate of drug-likeness (QED) is 0.578. The molecule has 0 radical (unpaired) electrons. The number of esters is 1. The van der Waals surface area contributed by atoms with E-state index in [1.54, 1.807) is 6.92 Å². The topological polar surface area (TPSA) is 78.8 Å². The van der Waals surface area contributed by atoms with Gasteiger partial charge >= 0.3 is 5.97 Å². The monoisotopic (exact) mass is 259 g/mol. The SMILES string of the molecule is CCOC(=O)CC(O)CNCC1CCCCC1O. The van der Waals surface area contributed by atoms with Crippen molar-refractivity contribution in [3.05, 3.63) is 0 Å². The Kier molecular flexibility index (Phi) is 7.23. The molecule has 0 aromatic heterocycles. The van der Waals surface area contributed by atoms with Crippen LogP contribution in [0.25, 0.3) is 0 Å². The van der Waals surface area contributed by atoms with Crippen LogP contribution in [0.3, 0.4) is 0 Å². The van der Waals surface area contributed by atoms with Crippen LogP contribution in [0, 0.1) is 5.92 Å². The van der Waals surface area contributed by atoms with Crippen LogP contribution in [-0.2, 0) is 9.53 Å². The van der Waals surface area contributed by atoms with E-state index in [1.807, 2.05) is 0 Å². The number of ether oxygens (including phenoxy) is 1. The molecular formula is C13H25NO4. The van der Waals surface area contributed by atoms with Gasteiger partial charge in [0.15, 0.2) is 0 Å². The number of hydrogen-bond donors (Lipinski definition) is 3. The second kappa shape index (κ2) is 8.45. The number of rotatable bonds is 7. The highest BCUT2D eigenvalue weighted by molar-refractivity contribution is 5.69. The van der Waals surface area contributed by atoms with Crippen LogP contribution in [0.5, 0.6) is 0 Å². The van der Waals surface area contributed by atoms with Gasteiger partial charge in [-0.2, -0.15) is 0 Å². The molecule has 1 aliphatic carbocycles. The largest absolute Gasteiger partial charge is 0.466 e. The lowest BCUT2D eigenvalue weighted by Crippen LogP contribution is -2.37. The Balaban J connectivity index is 2.10. The van der Waals surface area contributed by atoms with Gasteiger partial charge in [-0.1, -0.05) is 12.8 Å². The molecule has 0 bridgehead atoms. The first-order valence-electron chi connectivity index (χ1n) is 6.86. The van der Waals surface area contributed by atoms with Gasteiger partial charge in [-0.15, -0.1) is 0 Å². The standard InChI is InChI=1S/C13H25NO4/c1-2-18-13(17)7-11(15)9-14-8-10-5-3-4-6-12(10)16/h10-12,14-16H,2-9H2,1H3. The third kappa shape index (κ3) is 5.80. The molecule has 3 N–H and O–H groups in total. The van der Waals surface area contributed by atoms with E-state index in [9.17, 15) is 15.0 Å². The molecule has 0 saturated heterocycles. The third-order valence-electron chi connectivity index (χ3n) is 3.36. The number of carbonyl (C=O) groups is 1. The van der Waals surface area contributed by atoms with E-state index in [4.69, 9.17) is 4.74 Å². The van der Waals surface area contributed by atoms with Gasteiger partial charge in [-0.25, -0.2) is 0 Å². The van der Waals surface area contributed by atoms with Crippen LogP contribution < -0.4 is 5.32 Å². The highest BCUT2D eigenvalue weighted by Crippen LogP contribution is 2.23. The molecule has 1 saturated carbocycles. The number of aliphatic hydroxyl groups excluding tert-OH is 2. The Morgan fingerprint density at radius 3 is 2.83 bits per heavy atom. The molecule has 3 unspecified atom stereocenters. The molecule has 3 atom stereocenters. The Morgan fingerprint density at radius 2 is 2.17 bits per heavy atom. The minimum absolute atomic E-state index is 0.0219. The van der Waals surface area contributed by atoms with Gasteiger partial charge in [0, 0.05) is 13.1 Å². The van der Waals surface area contributed by atoms with Crippen molar-refractivity contribution in [2.45, 2.75) is 51.2 Å². The summed E-state index contributed by atoms with van der Waals surface area (Å²) >= 11 is 0. The maximum atomic E-state index is 11.1. The summed E-state index contributed by atoms with van der Waals surface area (Å²) in [6, 6.07) is 0. The van der Waals surface area contributed by atoms with E-state index < -0.39 is 6.10 Å². The zero-order chi connectivity index (χ0) is 13.4. The van der Waals surface area contributed by atoms with Gasteiger partial charge in [-0.3, -0.25) is 4.79 Å². The molecule has 5 heteroatoms. The summed E-state index contributed by atoms with van der Waals surface area (Å²) in [7, 11) is 0. The Labute approximate surface area is 109 Å². The lowest BCUT2D eigenvalue weighted by Gasteiger charge is -2.28. The summed E-state index contributed by atoms with van der Waals surface area (Å²) in [4.78, 5) is 11.1. The van der Waals surface area contributed by atoms with Crippen LogP contribution in [0.2, 0.25) is 0 Å². The molecule has 1 fully saturated rings. The number of nitrogens with one attached hydrogen (secondary N) is 1. The molecule has 106 valence electrons. The number of carbonyl (C=O) groups excluding carboxylic acids is 1. The molecule has 0 aromatic rings. The van der Waals surface area contributed by atoms with E-state index >= 15 is 0 Å². The molecule has 0 aromatic carbocycles. The van der Waals surface area contributed by atoms with Crippen LogP contribution in [-0.4, -0.2) is 48.1 Å². The van der Waals surface area contributed by atoms with Gasteiger partial charge in [0.25, 0.3) is 0 Å². The highest BCUT2D eigenvalue weighted by Gasteiger charge is 2.22. The van der Waals surface area contributed by atoms with Crippen molar-refractivity contribution in [3.8, 4) is 0 Å². The minimum Gasteiger partial charge on any atom is -0.466 e. The molecule has 0 heterocycles. The molecule has 5 nitrogen and oxygen atoms in total. The van der Waals surface area contributed by atoms with Crippen molar-refractivity contribution in [2.75, 3.05) is 19.7 Å². The lowest BCUT2D eigenvalue weighted by atomic mass is 9.86. The molecule has 1 rings (SSSR count). The fourth-order valence-electron chi connectivity index (χ4n) is 2.35. The maximum Gasteiger partial charge on any atom is 0.308 e. The summed E-state index contributed by atoms with van der Waals surface area (Å²) in [5.41, 5.74) is 0.